The lowest BCUT2D eigenvalue weighted by atomic mass is 9.85. The molecule has 284 valence electrons. The first-order valence-electron chi connectivity index (χ1n) is 17.7. The lowest BCUT2D eigenvalue weighted by molar-refractivity contribution is -0.143. The zero-order valence-electron chi connectivity index (χ0n) is 30.8. The number of hydrogen-bond donors (Lipinski definition) is 3. The maximum atomic E-state index is 14.5. The number of benzene rings is 1. The molecule has 1 saturated heterocycles. The molecule has 0 radical (unpaired) electrons. The Hall–Kier alpha value is -4.99. The summed E-state index contributed by atoms with van der Waals surface area (Å²) < 4.78 is 41.2. The highest BCUT2D eigenvalue weighted by molar-refractivity contribution is 7.91. The van der Waals surface area contributed by atoms with E-state index in [2.05, 4.69) is 32.0 Å². The van der Waals surface area contributed by atoms with Crippen LogP contribution in [0.2, 0.25) is 0 Å². The van der Waals surface area contributed by atoms with Gasteiger partial charge in [0.05, 0.1) is 17.5 Å². The van der Waals surface area contributed by atoms with Gasteiger partial charge in [0.2, 0.25) is 27.7 Å². The molecule has 5 atom stereocenters. The van der Waals surface area contributed by atoms with Crippen LogP contribution in [0.3, 0.4) is 0 Å². The van der Waals surface area contributed by atoms with Crippen molar-refractivity contribution in [1.29, 1.82) is 0 Å². The van der Waals surface area contributed by atoms with E-state index in [-0.39, 0.29) is 19.4 Å². The van der Waals surface area contributed by atoms with Crippen LogP contribution in [-0.4, -0.2) is 93.0 Å². The second-order valence-corrected chi connectivity index (χ2v) is 18.0. The molecule has 0 bridgehead atoms. The Morgan fingerprint density at radius 2 is 1.81 bits per heavy atom. The minimum atomic E-state index is -3.90. The maximum Gasteiger partial charge on any atom is 0.408 e. The number of fused-ring (bicyclic) bond motifs is 1. The third kappa shape index (κ3) is 8.16. The molecule has 16 heteroatoms. The quantitative estimate of drug-likeness (QED) is 0.245. The minimum Gasteiger partial charge on any atom is -0.472 e. The molecular formula is C37H47N7O8S. The molecule has 1 aliphatic heterocycles. The largest absolute Gasteiger partial charge is 0.472 e. The van der Waals surface area contributed by atoms with Gasteiger partial charge in [0.1, 0.15) is 29.3 Å². The average molecular weight is 750 g/mol. The van der Waals surface area contributed by atoms with Crippen molar-refractivity contribution in [2.45, 2.75) is 102 Å². The van der Waals surface area contributed by atoms with Crippen LogP contribution in [0, 0.1) is 11.3 Å². The van der Waals surface area contributed by atoms with Gasteiger partial charge in [-0.15, -0.1) is 6.58 Å². The Morgan fingerprint density at radius 3 is 2.42 bits per heavy atom. The van der Waals surface area contributed by atoms with Crippen LogP contribution >= 0.6 is 0 Å². The maximum absolute atomic E-state index is 14.5. The van der Waals surface area contributed by atoms with Crippen LogP contribution < -0.4 is 20.1 Å². The summed E-state index contributed by atoms with van der Waals surface area (Å²) in [5.74, 6) is -2.31. The number of hydrogen-bond acceptors (Lipinski definition) is 10. The molecule has 6 rings (SSSR count). The van der Waals surface area contributed by atoms with Gasteiger partial charge in [-0.05, 0) is 81.2 Å². The Bertz CT molecular complexity index is 2030. The van der Waals surface area contributed by atoms with Crippen molar-refractivity contribution in [1.82, 2.24) is 35.0 Å². The van der Waals surface area contributed by atoms with E-state index in [1.54, 1.807) is 58.6 Å². The Balaban J connectivity index is 1.29. The normalized spacial score (nSPS) is 23.5. The SMILES string of the molecule is C=C[C@@H]1C[C@]1(NC(=O)[C@@H]1CC(Oc2nccc3cc(-n4cccn4)ccc23)CN1C(=O)[C@@H](NC(=O)OC(C)(C)C)C(C)(C)C)C(=O)NS(=O)(=O)C1CC1. The Kier molecular flexibility index (Phi) is 9.81. The number of carbonyl (C=O) groups excluding carboxylic acids is 4. The third-order valence-electron chi connectivity index (χ3n) is 9.63. The van der Waals surface area contributed by atoms with Crippen molar-refractivity contribution in [2.75, 3.05) is 6.54 Å². The number of nitrogens with zero attached hydrogens (tertiary/aromatic N) is 4. The Labute approximate surface area is 308 Å². The third-order valence-corrected chi connectivity index (χ3v) is 11.4. The molecule has 3 aromatic rings. The van der Waals surface area contributed by atoms with Gasteiger partial charge in [0.25, 0.3) is 5.91 Å². The van der Waals surface area contributed by atoms with Crippen LogP contribution in [0.4, 0.5) is 4.79 Å². The fraction of sp³-hybridized carbons (Fsp3) is 0.514. The second kappa shape index (κ2) is 13.8. The summed E-state index contributed by atoms with van der Waals surface area (Å²) in [7, 11) is -3.90. The number of likely N-dealkylation sites (tertiary alicyclic amines) is 1. The first-order valence-corrected chi connectivity index (χ1v) is 19.2. The predicted molar refractivity (Wildman–Crippen MR) is 195 cm³/mol. The number of amides is 4. The summed E-state index contributed by atoms with van der Waals surface area (Å²) in [4.78, 5) is 61.0. The lowest BCUT2D eigenvalue weighted by Crippen LogP contribution is -2.60. The van der Waals surface area contributed by atoms with Gasteiger partial charge in [0, 0.05) is 36.3 Å². The molecule has 1 unspecified atom stereocenters. The molecule has 3 fully saturated rings. The fourth-order valence-corrected chi connectivity index (χ4v) is 7.95. The molecule has 4 amide bonds. The van der Waals surface area contributed by atoms with Crippen molar-refractivity contribution in [2.24, 2.45) is 11.3 Å². The number of aromatic nitrogens is 3. The van der Waals surface area contributed by atoms with Crippen molar-refractivity contribution in [3.05, 3.63) is 61.6 Å². The fourth-order valence-electron chi connectivity index (χ4n) is 6.59. The van der Waals surface area contributed by atoms with Gasteiger partial charge >= 0.3 is 6.09 Å². The van der Waals surface area contributed by atoms with Crippen molar-refractivity contribution < 1.29 is 37.1 Å². The number of alkyl carbamates (subject to hydrolysis) is 1. The zero-order valence-corrected chi connectivity index (χ0v) is 31.6. The van der Waals surface area contributed by atoms with Crippen molar-refractivity contribution in [3.8, 4) is 11.6 Å². The molecule has 3 N–H and O–H groups in total. The molecule has 3 heterocycles. The average Bonchev–Trinajstić information content (AvgIpc) is 3.94. The van der Waals surface area contributed by atoms with Crippen LogP contribution in [0.25, 0.3) is 16.5 Å². The summed E-state index contributed by atoms with van der Waals surface area (Å²) in [5, 5.41) is 10.7. The lowest BCUT2D eigenvalue weighted by Gasteiger charge is -2.36. The van der Waals surface area contributed by atoms with E-state index in [4.69, 9.17) is 9.47 Å². The van der Waals surface area contributed by atoms with E-state index in [0.717, 1.165) is 11.1 Å². The molecule has 15 nitrogen and oxygen atoms in total. The van der Waals surface area contributed by atoms with Crippen LogP contribution in [-0.2, 0) is 29.1 Å². The topological polar surface area (TPSA) is 191 Å². The van der Waals surface area contributed by atoms with E-state index >= 15 is 0 Å². The summed E-state index contributed by atoms with van der Waals surface area (Å²) in [6.07, 6.45) is 6.15. The number of nitrogens with one attached hydrogen (secondary N) is 3. The Morgan fingerprint density at radius 1 is 1.08 bits per heavy atom. The minimum absolute atomic E-state index is 0.0150. The van der Waals surface area contributed by atoms with E-state index in [1.807, 2.05) is 36.5 Å². The highest BCUT2D eigenvalue weighted by Gasteiger charge is 2.62. The van der Waals surface area contributed by atoms with Crippen LogP contribution in [0.1, 0.15) is 67.2 Å². The summed E-state index contributed by atoms with van der Waals surface area (Å²) in [5.41, 5.74) is -2.38. The highest BCUT2D eigenvalue weighted by Crippen LogP contribution is 2.45. The molecule has 53 heavy (non-hydrogen) atoms. The monoisotopic (exact) mass is 749 g/mol. The number of sulfonamides is 1. The first kappa shape index (κ1) is 37.8. The van der Waals surface area contributed by atoms with Crippen molar-refractivity contribution >= 4 is 44.6 Å². The molecule has 1 aromatic carbocycles. The van der Waals surface area contributed by atoms with Gasteiger partial charge in [-0.1, -0.05) is 26.8 Å². The van der Waals surface area contributed by atoms with Gasteiger partial charge < -0.3 is 25.0 Å². The zero-order chi connectivity index (χ0) is 38.5. The van der Waals surface area contributed by atoms with E-state index in [0.29, 0.717) is 24.1 Å². The standard InChI is InChI=1S/C37H47N7O8S/c1-8-23-20-37(23,33(47)42-53(49,50)26-11-12-26)41-30(45)28-19-25(21-43(28)32(46)29(35(2,3)4)40-34(48)52-36(5,6)7)51-31-27-13-10-24(44-17-9-15-39-44)18-22(27)14-16-38-31/h8-10,13-18,23,25-26,28-29H,1,11-12,19-21H2,2-7H3,(H,40,48)(H,41,45)(H,42,47)/t23-,25?,28+,29-,37-/m1/s1. The van der Waals surface area contributed by atoms with Gasteiger partial charge in [0.15, 0.2) is 0 Å². The molecule has 2 saturated carbocycles. The van der Waals surface area contributed by atoms with Crippen LogP contribution in [0.15, 0.2) is 61.6 Å². The number of ether oxygens (including phenoxy) is 2. The number of carbonyl (C=O) groups is 4. The number of rotatable bonds is 11. The van der Waals surface area contributed by atoms with E-state index in [9.17, 15) is 27.6 Å². The molecule has 2 aromatic heterocycles. The van der Waals surface area contributed by atoms with Gasteiger partial charge in [-0.25, -0.2) is 22.9 Å². The summed E-state index contributed by atoms with van der Waals surface area (Å²) in [6, 6.07) is 7.06. The summed E-state index contributed by atoms with van der Waals surface area (Å²) >= 11 is 0. The smallest absolute Gasteiger partial charge is 0.408 e. The van der Waals surface area contributed by atoms with E-state index in [1.165, 1.54) is 11.0 Å². The second-order valence-electron chi connectivity index (χ2n) is 16.1. The molecule has 2 aliphatic carbocycles. The number of pyridine rings is 1. The molecule has 0 spiro atoms. The highest BCUT2D eigenvalue weighted by atomic mass is 32.2. The van der Waals surface area contributed by atoms with E-state index < -0.39 is 79.7 Å². The summed E-state index contributed by atoms with van der Waals surface area (Å²) in [6.45, 7) is 14.2. The van der Waals surface area contributed by atoms with Gasteiger partial charge in [-0.3, -0.25) is 19.1 Å². The molecule has 3 aliphatic rings. The van der Waals surface area contributed by atoms with Gasteiger partial charge in [-0.2, -0.15) is 5.10 Å². The predicted octanol–water partition coefficient (Wildman–Crippen LogP) is 3.38. The van der Waals surface area contributed by atoms with Crippen LogP contribution in [0.5, 0.6) is 5.88 Å². The first-order chi connectivity index (χ1) is 24.8. The molecular weight excluding hydrogens is 703 g/mol. The van der Waals surface area contributed by atoms with Crippen molar-refractivity contribution in [3.63, 3.8) is 0 Å².